The Morgan fingerprint density at radius 3 is 2.78 bits per heavy atom. The van der Waals surface area contributed by atoms with Gasteiger partial charge in [-0.1, -0.05) is 29.3 Å². The van der Waals surface area contributed by atoms with Gasteiger partial charge in [-0.05, 0) is 24.6 Å². The SMILES string of the molecule is CC(NCCOCC(N)=O)c1ccc(Cl)c(Cl)c1. The summed E-state index contributed by atoms with van der Waals surface area (Å²) in [6, 6.07) is 5.63. The summed E-state index contributed by atoms with van der Waals surface area (Å²) in [4.78, 5) is 10.4. The first kappa shape index (κ1) is 15.2. The van der Waals surface area contributed by atoms with Crippen LogP contribution in [-0.4, -0.2) is 25.7 Å². The van der Waals surface area contributed by atoms with E-state index in [9.17, 15) is 4.79 Å². The molecular weight excluding hydrogens is 275 g/mol. The first-order chi connectivity index (χ1) is 8.50. The van der Waals surface area contributed by atoms with E-state index in [1.54, 1.807) is 6.07 Å². The molecule has 0 saturated carbocycles. The van der Waals surface area contributed by atoms with Crippen molar-refractivity contribution in [2.24, 2.45) is 5.73 Å². The molecule has 1 aromatic rings. The van der Waals surface area contributed by atoms with E-state index in [-0.39, 0.29) is 12.6 Å². The Balaban J connectivity index is 2.34. The fourth-order valence-corrected chi connectivity index (χ4v) is 1.73. The number of benzene rings is 1. The standard InChI is InChI=1S/C12H16Cl2N2O2/c1-8(16-4-5-18-7-12(15)17)9-2-3-10(13)11(14)6-9/h2-3,6,8,16H,4-5,7H2,1H3,(H2,15,17). The maximum absolute atomic E-state index is 10.4. The predicted octanol–water partition coefficient (Wildman–Crippen LogP) is 2.15. The summed E-state index contributed by atoms with van der Waals surface area (Å²) >= 11 is 11.8. The van der Waals surface area contributed by atoms with E-state index >= 15 is 0 Å². The summed E-state index contributed by atoms with van der Waals surface area (Å²) in [5.41, 5.74) is 5.99. The average molecular weight is 291 g/mol. The zero-order valence-electron chi connectivity index (χ0n) is 10.1. The van der Waals surface area contributed by atoms with Crippen LogP contribution in [0.1, 0.15) is 18.5 Å². The van der Waals surface area contributed by atoms with E-state index in [2.05, 4.69) is 5.32 Å². The molecule has 1 aromatic carbocycles. The quantitative estimate of drug-likeness (QED) is 0.757. The number of primary amides is 1. The molecule has 0 aliphatic heterocycles. The van der Waals surface area contributed by atoms with Crippen LogP contribution in [0.3, 0.4) is 0 Å². The number of ether oxygens (including phenoxy) is 1. The largest absolute Gasteiger partial charge is 0.370 e. The molecule has 18 heavy (non-hydrogen) atoms. The van der Waals surface area contributed by atoms with Gasteiger partial charge in [-0.3, -0.25) is 4.79 Å². The Kier molecular flexibility index (Phi) is 6.43. The average Bonchev–Trinajstić information content (AvgIpc) is 2.31. The van der Waals surface area contributed by atoms with Gasteiger partial charge in [-0.2, -0.15) is 0 Å². The Morgan fingerprint density at radius 2 is 2.17 bits per heavy atom. The number of carbonyl (C=O) groups excluding carboxylic acids is 1. The first-order valence-electron chi connectivity index (χ1n) is 5.55. The fourth-order valence-electron chi connectivity index (χ4n) is 1.42. The highest BCUT2D eigenvalue weighted by atomic mass is 35.5. The topological polar surface area (TPSA) is 64.3 Å². The second-order valence-corrected chi connectivity index (χ2v) is 4.68. The number of hydrogen-bond donors (Lipinski definition) is 2. The summed E-state index contributed by atoms with van der Waals surface area (Å²) in [7, 11) is 0. The van der Waals surface area contributed by atoms with Crippen molar-refractivity contribution >= 4 is 29.1 Å². The van der Waals surface area contributed by atoms with Crippen molar-refractivity contribution < 1.29 is 9.53 Å². The van der Waals surface area contributed by atoms with E-state index in [1.807, 2.05) is 19.1 Å². The maximum Gasteiger partial charge on any atom is 0.243 e. The van der Waals surface area contributed by atoms with E-state index < -0.39 is 5.91 Å². The normalized spacial score (nSPS) is 12.4. The third-order valence-corrected chi connectivity index (χ3v) is 3.12. The van der Waals surface area contributed by atoms with Crippen LogP contribution < -0.4 is 11.1 Å². The fraction of sp³-hybridized carbons (Fsp3) is 0.417. The number of carbonyl (C=O) groups is 1. The molecule has 0 spiro atoms. The van der Waals surface area contributed by atoms with Gasteiger partial charge in [0.15, 0.2) is 0 Å². The molecule has 6 heteroatoms. The van der Waals surface area contributed by atoms with Crippen LogP contribution in [0.25, 0.3) is 0 Å². The molecule has 0 aliphatic rings. The van der Waals surface area contributed by atoms with E-state index in [0.717, 1.165) is 5.56 Å². The highest BCUT2D eigenvalue weighted by Gasteiger charge is 2.06. The molecule has 1 atom stereocenters. The zero-order chi connectivity index (χ0) is 13.5. The van der Waals surface area contributed by atoms with Crippen molar-refractivity contribution in [1.29, 1.82) is 0 Å². The van der Waals surface area contributed by atoms with Gasteiger partial charge in [0.2, 0.25) is 5.91 Å². The second kappa shape index (κ2) is 7.59. The molecule has 1 rings (SSSR count). The molecule has 0 fully saturated rings. The zero-order valence-corrected chi connectivity index (χ0v) is 11.6. The van der Waals surface area contributed by atoms with Gasteiger partial charge in [-0.25, -0.2) is 0 Å². The van der Waals surface area contributed by atoms with Crippen LogP contribution in [0, 0.1) is 0 Å². The number of halogens is 2. The third kappa shape index (κ3) is 5.23. The lowest BCUT2D eigenvalue weighted by Gasteiger charge is -2.14. The predicted molar refractivity (Wildman–Crippen MR) is 72.9 cm³/mol. The van der Waals surface area contributed by atoms with Gasteiger partial charge in [0.05, 0.1) is 16.7 Å². The summed E-state index contributed by atoms with van der Waals surface area (Å²) in [5.74, 6) is -0.465. The van der Waals surface area contributed by atoms with Crippen molar-refractivity contribution in [2.75, 3.05) is 19.8 Å². The molecule has 0 aliphatic carbocycles. The Morgan fingerprint density at radius 1 is 1.44 bits per heavy atom. The molecule has 0 saturated heterocycles. The summed E-state index contributed by atoms with van der Waals surface area (Å²) in [6.45, 7) is 3.00. The molecule has 0 radical (unpaired) electrons. The van der Waals surface area contributed by atoms with E-state index in [0.29, 0.717) is 23.2 Å². The molecule has 0 bridgehead atoms. The summed E-state index contributed by atoms with van der Waals surface area (Å²) < 4.78 is 5.04. The molecule has 1 amide bonds. The lowest BCUT2D eigenvalue weighted by molar-refractivity contribution is -0.122. The highest BCUT2D eigenvalue weighted by molar-refractivity contribution is 6.42. The van der Waals surface area contributed by atoms with Crippen molar-refractivity contribution in [2.45, 2.75) is 13.0 Å². The van der Waals surface area contributed by atoms with Gasteiger partial charge in [-0.15, -0.1) is 0 Å². The molecule has 1 unspecified atom stereocenters. The minimum Gasteiger partial charge on any atom is -0.370 e. The minimum absolute atomic E-state index is 0.0527. The molecule has 0 heterocycles. The van der Waals surface area contributed by atoms with Crippen LogP contribution in [0.4, 0.5) is 0 Å². The van der Waals surface area contributed by atoms with Gasteiger partial charge < -0.3 is 15.8 Å². The Labute approximate surface area is 116 Å². The number of hydrogen-bond acceptors (Lipinski definition) is 3. The third-order valence-electron chi connectivity index (χ3n) is 2.38. The summed E-state index contributed by atoms with van der Waals surface area (Å²) in [6.07, 6.45) is 0. The molecule has 3 N–H and O–H groups in total. The lowest BCUT2D eigenvalue weighted by atomic mass is 10.1. The van der Waals surface area contributed by atoms with Crippen molar-refractivity contribution in [1.82, 2.24) is 5.32 Å². The van der Waals surface area contributed by atoms with Crippen LogP contribution >= 0.6 is 23.2 Å². The van der Waals surface area contributed by atoms with Crippen molar-refractivity contribution in [3.05, 3.63) is 33.8 Å². The van der Waals surface area contributed by atoms with Gasteiger partial charge in [0.1, 0.15) is 6.61 Å². The molecule has 100 valence electrons. The molecule has 4 nitrogen and oxygen atoms in total. The second-order valence-electron chi connectivity index (χ2n) is 3.87. The Bertz CT molecular complexity index is 413. The van der Waals surface area contributed by atoms with Gasteiger partial charge in [0, 0.05) is 12.6 Å². The van der Waals surface area contributed by atoms with E-state index in [1.165, 1.54) is 0 Å². The van der Waals surface area contributed by atoms with Gasteiger partial charge in [0.25, 0.3) is 0 Å². The van der Waals surface area contributed by atoms with Crippen LogP contribution in [0.5, 0.6) is 0 Å². The number of rotatable bonds is 7. The van der Waals surface area contributed by atoms with Gasteiger partial charge >= 0.3 is 0 Å². The number of nitrogens with two attached hydrogens (primary N) is 1. The Hall–Kier alpha value is -0.810. The minimum atomic E-state index is -0.465. The monoisotopic (exact) mass is 290 g/mol. The van der Waals surface area contributed by atoms with Crippen molar-refractivity contribution in [3.63, 3.8) is 0 Å². The van der Waals surface area contributed by atoms with Crippen LogP contribution in [0.15, 0.2) is 18.2 Å². The molecule has 0 aromatic heterocycles. The van der Waals surface area contributed by atoms with Crippen molar-refractivity contribution in [3.8, 4) is 0 Å². The highest BCUT2D eigenvalue weighted by Crippen LogP contribution is 2.25. The van der Waals surface area contributed by atoms with E-state index in [4.69, 9.17) is 33.7 Å². The molecular formula is C12H16Cl2N2O2. The number of amides is 1. The lowest BCUT2D eigenvalue weighted by Crippen LogP contribution is -2.26. The number of nitrogens with one attached hydrogen (secondary N) is 1. The first-order valence-corrected chi connectivity index (χ1v) is 6.30. The smallest absolute Gasteiger partial charge is 0.243 e. The van der Waals surface area contributed by atoms with Crippen LogP contribution in [0.2, 0.25) is 10.0 Å². The van der Waals surface area contributed by atoms with Crippen LogP contribution in [-0.2, 0) is 9.53 Å². The maximum atomic E-state index is 10.4. The summed E-state index contributed by atoms with van der Waals surface area (Å²) in [5, 5.41) is 4.31.